The maximum absolute atomic E-state index is 12.8. The zero-order chi connectivity index (χ0) is 24.4. The fourth-order valence-corrected chi connectivity index (χ4v) is 6.02. The van der Waals surface area contributed by atoms with Crippen LogP contribution in [0.5, 0.6) is 0 Å². The normalized spacial score (nSPS) is 25.4. The lowest BCUT2D eigenvalue weighted by molar-refractivity contribution is -0.143. The molecule has 0 radical (unpaired) electrons. The van der Waals surface area contributed by atoms with Crippen LogP contribution < -0.4 is 10.6 Å². The largest absolute Gasteiger partial charge is 0.481 e. The lowest BCUT2D eigenvalue weighted by atomic mass is 9.85. The molecule has 0 saturated heterocycles. The predicted molar refractivity (Wildman–Crippen MR) is 131 cm³/mol. The molecule has 2 fully saturated rings. The van der Waals surface area contributed by atoms with Crippen molar-refractivity contribution in [3.05, 3.63) is 59.7 Å². The number of carbonyl (C=O) groups is 3. The van der Waals surface area contributed by atoms with Gasteiger partial charge < -0.3 is 20.5 Å². The van der Waals surface area contributed by atoms with Gasteiger partial charge in [0.2, 0.25) is 5.91 Å². The fraction of sp³-hybridized carbons (Fsp3) is 0.464. The summed E-state index contributed by atoms with van der Waals surface area (Å²) in [6, 6.07) is 16.3. The number of rotatable bonds is 6. The SMILES string of the molecule is O=C(NC1CCC(C(=O)N[C@@H]2CCC[C@H](C(=O)O)C2)C1)OCC1c2ccccc2-c2ccccc21. The molecule has 3 N–H and O–H groups in total. The topological polar surface area (TPSA) is 105 Å². The first-order valence-electron chi connectivity index (χ1n) is 12.6. The average Bonchev–Trinajstić information content (AvgIpc) is 3.46. The lowest BCUT2D eigenvalue weighted by Crippen LogP contribution is -2.42. The molecule has 4 atom stereocenters. The number of fused-ring (bicyclic) bond motifs is 3. The van der Waals surface area contributed by atoms with Gasteiger partial charge in [0, 0.05) is 23.9 Å². The Bertz CT molecular complexity index is 1070. The third-order valence-electron chi connectivity index (χ3n) is 7.84. The second kappa shape index (κ2) is 10.1. The molecule has 7 heteroatoms. The Kier molecular flexibility index (Phi) is 6.75. The highest BCUT2D eigenvalue weighted by atomic mass is 16.5. The monoisotopic (exact) mass is 476 g/mol. The quantitative estimate of drug-likeness (QED) is 0.571. The van der Waals surface area contributed by atoms with E-state index in [4.69, 9.17) is 4.74 Å². The Labute approximate surface area is 205 Å². The van der Waals surface area contributed by atoms with Crippen molar-refractivity contribution < 1.29 is 24.2 Å². The zero-order valence-electron chi connectivity index (χ0n) is 19.7. The van der Waals surface area contributed by atoms with Gasteiger partial charge in [0.25, 0.3) is 0 Å². The minimum atomic E-state index is -0.780. The Hall–Kier alpha value is -3.35. The molecule has 3 aliphatic carbocycles. The Morgan fingerprint density at radius 3 is 2.11 bits per heavy atom. The number of hydrogen-bond donors (Lipinski definition) is 3. The molecule has 5 rings (SSSR count). The van der Waals surface area contributed by atoms with Crippen LogP contribution in [0.4, 0.5) is 4.79 Å². The first-order chi connectivity index (χ1) is 17.0. The molecule has 3 aliphatic rings. The Balaban J connectivity index is 1.10. The van der Waals surface area contributed by atoms with Crippen molar-refractivity contribution in [2.45, 2.75) is 62.9 Å². The summed E-state index contributed by atoms with van der Waals surface area (Å²) in [4.78, 5) is 36.6. The number of amides is 2. The summed E-state index contributed by atoms with van der Waals surface area (Å²) in [5.74, 6) is -1.34. The number of alkyl carbamates (subject to hydrolysis) is 1. The molecular weight excluding hydrogens is 444 g/mol. The first-order valence-corrected chi connectivity index (χ1v) is 12.6. The molecule has 0 aromatic heterocycles. The summed E-state index contributed by atoms with van der Waals surface area (Å²) >= 11 is 0. The second-order valence-electron chi connectivity index (χ2n) is 10.1. The molecule has 2 aromatic carbocycles. The summed E-state index contributed by atoms with van der Waals surface area (Å²) in [6.07, 6.45) is 4.37. The smallest absolute Gasteiger partial charge is 0.407 e. The highest BCUT2D eigenvalue weighted by Gasteiger charge is 2.34. The third-order valence-corrected chi connectivity index (χ3v) is 7.84. The maximum atomic E-state index is 12.8. The van der Waals surface area contributed by atoms with Gasteiger partial charge in [-0.05, 0) is 60.8 Å². The van der Waals surface area contributed by atoms with E-state index in [9.17, 15) is 19.5 Å². The number of carbonyl (C=O) groups excluding carboxylic acids is 2. The van der Waals surface area contributed by atoms with E-state index in [1.54, 1.807) is 0 Å². The van der Waals surface area contributed by atoms with Gasteiger partial charge in [0.15, 0.2) is 0 Å². The lowest BCUT2D eigenvalue weighted by Gasteiger charge is -2.28. The summed E-state index contributed by atoms with van der Waals surface area (Å²) in [5, 5.41) is 15.3. The Morgan fingerprint density at radius 2 is 1.43 bits per heavy atom. The van der Waals surface area contributed by atoms with Gasteiger partial charge in [-0.2, -0.15) is 0 Å². The molecule has 2 aromatic rings. The van der Waals surface area contributed by atoms with E-state index in [1.807, 2.05) is 24.3 Å². The van der Waals surface area contributed by atoms with E-state index in [-0.39, 0.29) is 42.4 Å². The molecule has 2 unspecified atom stereocenters. The van der Waals surface area contributed by atoms with Crippen LogP contribution in [0.3, 0.4) is 0 Å². The predicted octanol–water partition coefficient (Wildman–Crippen LogP) is 4.45. The van der Waals surface area contributed by atoms with Crippen molar-refractivity contribution in [1.29, 1.82) is 0 Å². The molecule has 35 heavy (non-hydrogen) atoms. The standard InChI is InChI=1S/C28H32N2O5/c31-26(29-19-7-5-6-18(15-19)27(32)33)17-12-13-20(14-17)30-28(34)35-16-25-23-10-3-1-8-21(23)22-9-2-4-11-24(22)25/h1-4,8-11,17-20,25H,5-7,12-16H2,(H,29,31)(H,30,34)(H,32,33)/t17?,18-,19+,20?/m0/s1. The third kappa shape index (κ3) is 5.04. The first kappa shape index (κ1) is 23.4. The van der Waals surface area contributed by atoms with E-state index in [0.29, 0.717) is 25.7 Å². The van der Waals surface area contributed by atoms with E-state index in [1.165, 1.54) is 22.3 Å². The fourth-order valence-electron chi connectivity index (χ4n) is 6.02. The van der Waals surface area contributed by atoms with Crippen molar-refractivity contribution in [2.75, 3.05) is 6.61 Å². The van der Waals surface area contributed by atoms with Crippen molar-refractivity contribution in [1.82, 2.24) is 10.6 Å². The highest BCUT2D eigenvalue weighted by molar-refractivity contribution is 5.80. The van der Waals surface area contributed by atoms with E-state index < -0.39 is 12.1 Å². The van der Waals surface area contributed by atoms with Crippen LogP contribution in [0.1, 0.15) is 62.0 Å². The molecule has 7 nitrogen and oxygen atoms in total. The van der Waals surface area contributed by atoms with Crippen LogP contribution in [0.25, 0.3) is 11.1 Å². The molecule has 0 heterocycles. The minimum Gasteiger partial charge on any atom is -0.481 e. The molecule has 0 spiro atoms. The van der Waals surface area contributed by atoms with Crippen LogP contribution in [0.15, 0.2) is 48.5 Å². The molecular formula is C28H32N2O5. The number of hydrogen-bond acceptors (Lipinski definition) is 4. The molecule has 2 amide bonds. The number of benzene rings is 2. The number of ether oxygens (including phenoxy) is 1. The van der Waals surface area contributed by atoms with Crippen LogP contribution >= 0.6 is 0 Å². The highest BCUT2D eigenvalue weighted by Crippen LogP contribution is 2.44. The van der Waals surface area contributed by atoms with Crippen LogP contribution in [0.2, 0.25) is 0 Å². The van der Waals surface area contributed by atoms with Crippen LogP contribution in [0, 0.1) is 11.8 Å². The average molecular weight is 477 g/mol. The second-order valence-corrected chi connectivity index (χ2v) is 10.1. The van der Waals surface area contributed by atoms with E-state index in [0.717, 1.165) is 19.3 Å². The zero-order valence-corrected chi connectivity index (χ0v) is 19.7. The van der Waals surface area contributed by atoms with Gasteiger partial charge in [0.1, 0.15) is 6.61 Å². The van der Waals surface area contributed by atoms with Crippen LogP contribution in [-0.4, -0.2) is 41.8 Å². The van der Waals surface area contributed by atoms with E-state index in [2.05, 4.69) is 34.9 Å². The van der Waals surface area contributed by atoms with Gasteiger partial charge in [0.05, 0.1) is 5.92 Å². The summed E-state index contributed by atoms with van der Waals surface area (Å²) in [7, 11) is 0. The molecule has 0 bridgehead atoms. The Morgan fingerprint density at radius 1 is 0.800 bits per heavy atom. The minimum absolute atomic E-state index is 0.0142. The summed E-state index contributed by atoms with van der Waals surface area (Å²) in [6.45, 7) is 0.267. The summed E-state index contributed by atoms with van der Waals surface area (Å²) < 4.78 is 5.65. The van der Waals surface area contributed by atoms with Gasteiger partial charge in [-0.3, -0.25) is 9.59 Å². The van der Waals surface area contributed by atoms with Crippen molar-refractivity contribution >= 4 is 18.0 Å². The van der Waals surface area contributed by atoms with Gasteiger partial charge >= 0.3 is 12.1 Å². The van der Waals surface area contributed by atoms with Gasteiger partial charge in [-0.15, -0.1) is 0 Å². The van der Waals surface area contributed by atoms with Gasteiger partial charge in [-0.1, -0.05) is 55.0 Å². The van der Waals surface area contributed by atoms with Gasteiger partial charge in [-0.25, -0.2) is 4.79 Å². The van der Waals surface area contributed by atoms with Crippen LogP contribution in [-0.2, 0) is 14.3 Å². The number of aliphatic carboxylic acids is 1. The molecule has 0 aliphatic heterocycles. The van der Waals surface area contributed by atoms with Crippen molar-refractivity contribution in [3.8, 4) is 11.1 Å². The number of carboxylic acids is 1. The van der Waals surface area contributed by atoms with Crippen molar-refractivity contribution in [2.24, 2.45) is 11.8 Å². The summed E-state index contributed by atoms with van der Waals surface area (Å²) in [5.41, 5.74) is 4.72. The number of carboxylic acid groups (broad SMARTS) is 1. The molecule has 184 valence electrons. The molecule has 2 saturated carbocycles. The van der Waals surface area contributed by atoms with E-state index >= 15 is 0 Å². The van der Waals surface area contributed by atoms with Crippen molar-refractivity contribution in [3.63, 3.8) is 0 Å². The maximum Gasteiger partial charge on any atom is 0.407 e. The number of nitrogens with one attached hydrogen (secondary N) is 2.